The van der Waals surface area contributed by atoms with Crippen LogP contribution in [-0.4, -0.2) is 49.4 Å². The normalized spacial score (nSPS) is 21.8. The van der Waals surface area contributed by atoms with Crippen LogP contribution in [0.1, 0.15) is 62.3 Å². The van der Waals surface area contributed by atoms with Crippen molar-refractivity contribution in [3.63, 3.8) is 0 Å². The molecule has 1 heterocycles. The molecule has 152 valence electrons. The first kappa shape index (κ1) is 23.0. The summed E-state index contributed by atoms with van der Waals surface area (Å²) in [6.45, 7) is 16.9. The molecule has 0 radical (unpaired) electrons. The van der Waals surface area contributed by atoms with Crippen LogP contribution in [-0.2, 0) is 14.0 Å². The molecule has 1 aliphatic heterocycles. The molecule has 26 heavy (non-hydrogen) atoms. The Morgan fingerprint density at radius 3 is 1.77 bits per heavy atom. The maximum atomic E-state index is 13.7. The molecule has 1 aliphatic rings. The van der Waals surface area contributed by atoms with Crippen molar-refractivity contribution in [3.8, 4) is 0 Å². The van der Waals surface area contributed by atoms with Gasteiger partial charge in [0.05, 0.1) is 0 Å². The van der Waals surface area contributed by atoms with E-state index in [-0.39, 0.29) is 16.6 Å². The lowest BCUT2D eigenvalue weighted by Crippen LogP contribution is -2.73. The molecule has 0 spiro atoms. The van der Waals surface area contributed by atoms with Gasteiger partial charge in [0.25, 0.3) is 12.3 Å². The van der Waals surface area contributed by atoms with E-state index >= 15 is 0 Å². The third-order valence-corrected chi connectivity index (χ3v) is 11.1. The minimum absolute atomic E-state index is 0.143. The maximum absolute atomic E-state index is 13.7. The molecule has 8 heteroatoms. The van der Waals surface area contributed by atoms with E-state index in [1.165, 1.54) is 0 Å². The van der Waals surface area contributed by atoms with Crippen LogP contribution >= 0.6 is 0 Å². The average molecular weight is 394 g/mol. The van der Waals surface area contributed by atoms with E-state index in [0.29, 0.717) is 4.90 Å². The van der Waals surface area contributed by atoms with E-state index in [9.17, 15) is 18.4 Å². The lowest BCUT2D eigenvalue weighted by molar-refractivity contribution is -0.173. The smallest absolute Gasteiger partial charge is 0.417 e. The quantitative estimate of drug-likeness (QED) is 0.473. The number of hydrogen-bond donors (Lipinski definition) is 0. The van der Waals surface area contributed by atoms with Crippen molar-refractivity contribution in [2.45, 2.75) is 103 Å². The molecule has 5 nitrogen and oxygen atoms in total. The highest BCUT2D eigenvalue weighted by Gasteiger charge is 2.61. The van der Waals surface area contributed by atoms with Gasteiger partial charge >= 0.3 is 6.09 Å². The van der Waals surface area contributed by atoms with Gasteiger partial charge in [0.2, 0.25) is 8.32 Å². The van der Waals surface area contributed by atoms with Gasteiger partial charge in [-0.05, 0) is 37.4 Å². The molecule has 1 saturated heterocycles. The molecule has 1 fully saturated rings. The van der Waals surface area contributed by atoms with Gasteiger partial charge in [-0.1, -0.05) is 41.5 Å². The van der Waals surface area contributed by atoms with Crippen LogP contribution in [0.4, 0.5) is 13.6 Å². The number of rotatable bonds is 6. The molecule has 1 rings (SSSR count). The first-order valence-corrected chi connectivity index (χ1v) is 11.3. The number of imide groups is 1. The van der Waals surface area contributed by atoms with Crippen LogP contribution in [0.5, 0.6) is 0 Å². The fourth-order valence-electron chi connectivity index (χ4n) is 4.00. The SMILES string of the molecule is CC(C)[Si](O[C@H]1C(=O)N(C(=O)OC(C)(C)C)[C@H]1C(F)F)(C(C)C)C(C)C. The molecule has 2 amide bonds. The number of likely N-dealkylation sites (tertiary alicyclic amines) is 1. The lowest BCUT2D eigenvalue weighted by Gasteiger charge is -2.51. The lowest BCUT2D eigenvalue weighted by atomic mass is 9.99. The van der Waals surface area contributed by atoms with E-state index in [2.05, 4.69) is 0 Å². The molecule has 2 atom stereocenters. The van der Waals surface area contributed by atoms with Crippen molar-refractivity contribution in [1.29, 1.82) is 0 Å². The molecule has 0 bridgehead atoms. The second kappa shape index (κ2) is 7.92. The van der Waals surface area contributed by atoms with Gasteiger partial charge in [-0.3, -0.25) is 4.79 Å². The number of carbonyl (C=O) groups excluding carboxylic acids is 2. The highest BCUT2D eigenvalue weighted by Crippen LogP contribution is 2.45. The second-order valence-corrected chi connectivity index (χ2v) is 14.3. The zero-order valence-corrected chi connectivity index (χ0v) is 18.3. The van der Waals surface area contributed by atoms with Crippen LogP contribution in [0.15, 0.2) is 0 Å². The van der Waals surface area contributed by atoms with Crippen LogP contribution in [0.25, 0.3) is 0 Å². The summed E-state index contributed by atoms with van der Waals surface area (Å²) in [6, 6.07) is -1.60. The third kappa shape index (κ3) is 4.27. The Labute approximate surface area is 156 Å². The average Bonchev–Trinajstić information content (AvgIpc) is 2.41. The molecule has 0 aromatic rings. The molecule has 0 aromatic carbocycles. The Kier molecular flexibility index (Phi) is 7.01. The summed E-state index contributed by atoms with van der Waals surface area (Å²) in [5, 5.41) is 0. The predicted octanol–water partition coefficient (Wildman–Crippen LogP) is 4.96. The first-order valence-electron chi connectivity index (χ1n) is 9.18. The maximum Gasteiger partial charge on any atom is 0.417 e. The summed E-state index contributed by atoms with van der Waals surface area (Å²) in [5.74, 6) is -0.733. The number of halogens is 2. The van der Waals surface area contributed by atoms with Gasteiger partial charge in [-0.2, -0.15) is 0 Å². The van der Waals surface area contributed by atoms with E-state index in [1.54, 1.807) is 20.8 Å². The first-order chi connectivity index (χ1) is 11.7. The van der Waals surface area contributed by atoms with E-state index in [1.807, 2.05) is 41.5 Å². The van der Waals surface area contributed by atoms with Crippen molar-refractivity contribution in [2.24, 2.45) is 0 Å². The Morgan fingerprint density at radius 2 is 1.46 bits per heavy atom. The van der Waals surface area contributed by atoms with E-state index < -0.39 is 44.5 Å². The summed E-state index contributed by atoms with van der Waals surface area (Å²) < 4.78 is 38.6. The molecular weight excluding hydrogens is 360 g/mol. The number of nitrogens with zero attached hydrogens (tertiary/aromatic N) is 1. The Hall–Kier alpha value is -1.02. The summed E-state index contributed by atoms with van der Waals surface area (Å²) in [7, 11) is -2.53. The summed E-state index contributed by atoms with van der Waals surface area (Å²) in [4.78, 5) is 25.2. The van der Waals surface area contributed by atoms with Crippen LogP contribution in [0.2, 0.25) is 16.6 Å². The van der Waals surface area contributed by atoms with E-state index in [4.69, 9.17) is 9.16 Å². The number of alkyl halides is 2. The third-order valence-electron chi connectivity index (χ3n) is 4.98. The van der Waals surface area contributed by atoms with Gasteiger partial charge < -0.3 is 9.16 Å². The fraction of sp³-hybridized carbons (Fsp3) is 0.889. The molecule has 0 saturated carbocycles. The monoisotopic (exact) mass is 393 g/mol. The minimum Gasteiger partial charge on any atom is -0.443 e. The molecular formula is C18H33F2NO4Si. The fourth-order valence-corrected chi connectivity index (χ4v) is 9.50. The molecule has 0 aromatic heterocycles. The van der Waals surface area contributed by atoms with Gasteiger partial charge in [0, 0.05) is 0 Å². The van der Waals surface area contributed by atoms with Crippen LogP contribution < -0.4 is 0 Å². The number of hydrogen-bond acceptors (Lipinski definition) is 4. The Balaban J connectivity index is 3.14. The van der Waals surface area contributed by atoms with E-state index in [0.717, 1.165) is 0 Å². The van der Waals surface area contributed by atoms with Crippen molar-refractivity contribution in [3.05, 3.63) is 0 Å². The van der Waals surface area contributed by atoms with Crippen molar-refractivity contribution < 1.29 is 27.5 Å². The molecule has 0 aliphatic carbocycles. The molecule has 0 N–H and O–H groups in total. The highest BCUT2D eigenvalue weighted by atomic mass is 28.4. The standard InChI is InChI=1S/C18H33F2NO4Si/c1-10(2)26(11(3)4,12(5)6)25-14-13(15(19)20)21(16(14)22)17(23)24-18(7,8)9/h10-15H,1-9H3/t13-,14-/m1/s1. The van der Waals surface area contributed by atoms with Gasteiger partial charge in [-0.15, -0.1) is 0 Å². The number of ether oxygens (including phenoxy) is 1. The van der Waals surface area contributed by atoms with Crippen LogP contribution in [0.3, 0.4) is 0 Å². The predicted molar refractivity (Wildman–Crippen MR) is 98.8 cm³/mol. The van der Waals surface area contributed by atoms with Crippen molar-refractivity contribution >= 4 is 20.3 Å². The van der Waals surface area contributed by atoms with Crippen molar-refractivity contribution in [2.75, 3.05) is 0 Å². The largest absolute Gasteiger partial charge is 0.443 e. The minimum atomic E-state index is -2.89. The summed E-state index contributed by atoms with van der Waals surface area (Å²) in [6.07, 6.45) is -5.22. The molecule has 0 unspecified atom stereocenters. The van der Waals surface area contributed by atoms with Gasteiger partial charge in [0.1, 0.15) is 11.6 Å². The highest BCUT2D eigenvalue weighted by molar-refractivity contribution is 6.77. The summed E-state index contributed by atoms with van der Waals surface area (Å²) >= 11 is 0. The Bertz CT molecular complexity index is 510. The van der Waals surface area contributed by atoms with Crippen molar-refractivity contribution in [1.82, 2.24) is 4.90 Å². The second-order valence-electron chi connectivity index (χ2n) is 8.87. The Morgan fingerprint density at radius 1 is 1.04 bits per heavy atom. The van der Waals surface area contributed by atoms with Crippen LogP contribution in [0, 0.1) is 0 Å². The zero-order valence-electron chi connectivity index (χ0n) is 17.3. The zero-order chi connectivity index (χ0) is 20.6. The number of amides is 2. The summed E-state index contributed by atoms with van der Waals surface area (Å²) in [5.41, 5.74) is -0.444. The van der Waals surface area contributed by atoms with Gasteiger partial charge in [-0.25, -0.2) is 18.5 Å². The topological polar surface area (TPSA) is 55.8 Å². The van der Waals surface area contributed by atoms with Gasteiger partial charge in [0.15, 0.2) is 6.10 Å². The number of carbonyl (C=O) groups is 2. The number of β-lactam (4-membered cyclic amide) rings is 1.